The number of piperidine rings is 1. The van der Waals surface area contributed by atoms with Gasteiger partial charge in [-0.1, -0.05) is 31.9 Å². The van der Waals surface area contributed by atoms with E-state index in [2.05, 4.69) is 50.0 Å². The van der Waals surface area contributed by atoms with Crippen LogP contribution in [0.15, 0.2) is 42.7 Å². The molecular weight excluding hydrogens is 504 g/mol. The summed E-state index contributed by atoms with van der Waals surface area (Å²) < 4.78 is 13.1. The van der Waals surface area contributed by atoms with E-state index in [1.54, 1.807) is 6.33 Å². The smallest absolute Gasteiger partial charge is 0.231 e. The van der Waals surface area contributed by atoms with Crippen LogP contribution in [0.5, 0.6) is 11.5 Å². The summed E-state index contributed by atoms with van der Waals surface area (Å²) in [5.41, 5.74) is 2.14. The summed E-state index contributed by atoms with van der Waals surface area (Å²) in [5, 5.41) is 8.26. The lowest BCUT2D eigenvalue weighted by molar-refractivity contribution is -0.142. The van der Waals surface area contributed by atoms with Crippen molar-refractivity contribution in [3.63, 3.8) is 0 Å². The van der Waals surface area contributed by atoms with Gasteiger partial charge in [0.05, 0.1) is 5.92 Å². The van der Waals surface area contributed by atoms with Gasteiger partial charge in [0.15, 0.2) is 17.1 Å². The molecule has 212 valence electrons. The van der Waals surface area contributed by atoms with Gasteiger partial charge in [-0.25, -0.2) is 0 Å². The maximum absolute atomic E-state index is 14.1. The van der Waals surface area contributed by atoms with E-state index in [0.717, 1.165) is 75.2 Å². The molecule has 4 aliphatic rings. The lowest BCUT2D eigenvalue weighted by Gasteiger charge is -2.48. The highest BCUT2D eigenvalue weighted by atomic mass is 16.7. The van der Waals surface area contributed by atoms with Gasteiger partial charge in [-0.3, -0.25) is 9.20 Å². The number of fused-ring (bicyclic) bond motifs is 3. The Hall–Kier alpha value is -3.33. The van der Waals surface area contributed by atoms with Crippen LogP contribution in [0.2, 0.25) is 0 Å². The van der Waals surface area contributed by atoms with Crippen LogP contribution in [0.3, 0.4) is 0 Å². The number of anilines is 1. The third-order valence-corrected chi connectivity index (χ3v) is 9.57. The molecular formula is C31H40N6O3. The van der Waals surface area contributed by atoms with Crippen molar-refractivity contribution in [3.05, 3.63) is 48.3 Å². The Bertz CT molecular complexity index is 1350. The van der Waals surface area contributed by atoms with Gasteiger partial charge in [-0.15, -0.1) is 10.2 Å². The largest absolute Gasteiger partial charge is 0.454 e. The number of carbonyl (C=O) groups excluding carboxylic acids is 1. The van der Waals surface area contributed by atoms with Crippen molar-refractivity contribution in [1.82, 2.24) is 24.4 Å². The van der Waals surface area contributed by atoms with Crippen molar-refractivity contribution < 1.29 is 14.3 Å². The van der Waals surface area contributed by atoms with Crippen LogP contribution >= 0.6 is 0 Å². The average molecular weight is 545 g/mol. The molecule has 3 aromatic rings. The Balaban J connectivity index is 0.999. The first kappa shape index (κ1) is 25.6. The molecule has 2 saturated heterocycles. The summed E-state index contributed by atoms with van der Waals surface area (Å²) >= 11 is 0. The quantitative estimate of drug-likeness (QED) is 0.468. The predicted molar refractivity (Wildman–Crippen MR) is 153 cm³/mol. The minimum absolute atomic E-state index is 0.115. The predicted octanol–water partition coefficient (Wildman–Crippen LogP) is 3.72. The number of amides is 1. The molecule has 3 aliphatic heterocycles. The Kier molecular flexibility index (Phi) is 6.99. The van der Waals surface area contributed by atoms with E-state index >= 15 is 0 Å². The first-order valence-corrected chi connectivity index (χ1v) is 15.1. The third kappa shape index (κ3) is 5.00. The highest BCUT2D eigenvalue weighted by Crippen LogP contribution is 2.41. The van der Waals surface area contributed by atoms with Crippen molar-refractivity contribution >= 4 is 17.4 Å². The van der Waals surface area contributed by atoms with E-state index in [0.29, 0.717) is 30.5 Å². The van der Waals surface area contributed by atoms with Crippen LogP contribution in [0.4, 0.5) is 5.82 Å². The second kappa shape index (κ2) is 10.9. The molecule has 3 fully saturated rings. The molecule has 1 amide bonds. The SMILES string of the molecule is CC(Cc1ccc2c(c1)OCO2)CN1CC2CCCCC2C(C(=O)N2CCN(c3cccc4nncn34)CC2)C1. The van der Waals surface area contributed by atoms with E-state index in [9.17, 15) is 4.79 Å². The summed E-state index contributed by atoms with van der Waals surface area (Å²) in [6, 6.07) is 12.4. The number of hydrogen-bond acceptors (Lipinski definition) is 7. The first-order chi connectivity index (χ1) is 19.6. The molecule has 9 heteroatoms. The van der Waals surface area contributed by atoms with Crippen molar-refractivity contribution in [2.75, 3.05) is 57.5 Å². The summed E-state index contributed by atoms with van der Waals surface area (Å²) in [6.07, 6.45) is 7.81. The molecule has 1 aliphatic carbocycles. The molecule has 4 unspecified atom stereocenters. The van der Waals surface area contributed by atoms with Crippen LogP contribution in [-0.4, -0.2) is 82.9 Å². The Morgan fingerprint density at radius 3 is 2.77 bits per heavy atom. The van der Waals surface area contributed by atoms with E-state index in [1.807, 2.05) is 22.6 Å². The molecule has 7 rings (SSSR count). The lowest BCUT2D eigenvalue weighted by Crippen LogP contribution is -2.57. The molecule has 0 spiro atoms. The first-order valence-electron chi connectivity index (χ1n) is 15.1. The fourth-order valence-electron chi connectivity index (χ4n) is 7.68. The van der Waals surface area contributed by atoms with Gasteiger partial charge in [-0.05, 0) is 66.8 Å². The molecule has 4 atom stereocenters. The molecule has 1 saturated carbocycles. The number of pyridine rings is 1. The molecule has 0 radical (unpaired) electrons. The molecule has 40 heavy (non-hydrogen) atoms. The molecule has 1 aromatic carbocycles. The zero-order valence-corrected chi connectivity index (χ0v) is 23.5. The Morgan fingerprint density at radius 1 is 1.02 bits per heavy atom. The van der Waals surface area contributed by atoms with Crippen molar-refractivity contribution in [2.24, 2.45) is 23.7 Å². The van der Waals surface area contributed by atoms with Gasteiger partial charge in [0, 0.05) is 45.8 Å². The number of aromatic nitrogens is 3. The highest BCUT2D eigenvalue weighted by Gasteiger charge is 2.43. The fraction of sp³-hybridized carbons (Fsp3) is 0.581. The topological polar surface area (TPSA) is 75.4 Å². The van der Waals surface area contributed by atoms with Crippen LogP contribution in [-0.2, 0) is 11.2 Å². The molecule has 9 nitrogen and oxygen atoms in total. The number of benzene rings is 1. The summed E-state index contributed by atoms with van der Waals surface area (Å²) in [5.74, 6) is 4.97. The van der Waals surface area contributed by atoms with Gasteiger partial charge in [0.25, 0.3) is 0 Å². The highest BCUT2D eigenvalue weighted by molar-refractivity contribution is 5.80. The number of rotatable bonds is 6. The normalized spacial score (nSPS) is 25.7. The van der Waals surface area contributed by atoms with E-state index in [-0.39, 0.29) is 5.92 Å². The Labute approximate surface area is 236 Å². The van der Waals surface area contributed by atoms with Crippen molar-refractivity contribution in [1.29, 1.82) is 0 Å². The Morgan fingerprint density at radius 2 is 1.88 bits per heavy atom. The van der Waals surface area contributed by atoms with Crippen LogP contribution in [0.25, 0.3) is 5.65 Å². The number of nitrogens with zero attached hydrogens (tertiary/aromatic N) is 6. The summed E-state index contributed by atoms with van der Waals surface area (Å²) in [4.78, 5) is 21.2. The van der Waals surface area contributed by atoms with Gasteiger partial charge >= 0.3 is 0 Å². The zero-order valence-electron chi connectivity index (χ0n) is 23.5. The average Bonchev–Trinajstić information content (AvgIpc) is 3.66. The summed E-state index contributed by atoms with van der Waals surface area (Å²) in [6.45, 7) is 8.91. The third-order valence-electron chi connectivity index (χ3n) is 9.57. The lowest BCUT2D eigenvalue weighted by atomic mass is 9.69. The van der Waals surface area contributed by atoms with E-state index < -0.39 is 0 Å². The number of ether oxygens (including phenoxy) is 2. The van der Waals surface area contributed by atoms with Crippen molar-refractivity contribution in [2.45, 2.75) is 39.0 Å². The van der Waals surface area contributed by atoms with E-state index in [4.69, 9.17) is 9.47 Å². The molecule has 0 N–H and O–H groups in total. The minimum atomic E-state index is 0.115. The monoisotopic (exact) mass is 544 g/mol. The van der Waals surface area contributed by atoms with Crippen molar-refractivity contribution in [3.8, 4) is 11.5 Å². The van der Waals surface area contributed by atoms with Gasteiger partial charge < -0.3 is 24.2 Å². The fourth-order valence-corrected chi connectivity index (χ4v) is 7.68. The second-order valence-corrected chi connectivity index (χ2v) is 12.3. The standard InChI is InChI=1S/C31H40N6O3/c1-22(15-23-9-10-27-28(16-23)40-21-39-27)17-34-18-24-5-2-3-6-25(24)26(19-34)31(38)36-13-11-35(12-14-36)30-8-4-7-29-33-32-20-37(29)30/h4,7-10,16,20,22,24-26H,2-3,5-6,11-15,17-19,21H2,1H3. The van der Waals surface area contributed by atoms with Crippen LogP contribution < -0.4 is 14.4 Å². The summed E-state index contributed by atoms with van der Waals surface area (Å²) in [7, 11) is 0. The number of piperazine rings is 1. The maximum atomic E-state index is 14.1. The van der Waals surface area contributed by atoms with Crippen LogP contribution in [0, 0.1) is 23.7 Å². The number of hydrogen-bond donors (Lipinski definition) is 0. The minimum Gasteiger partial charge on any atom is -0.454 e. The maximum Gasteiger partial charge on any atom is 0.231 e. The van der Waals surface area contributed by atoms with Crippen LogP contribution in [0.1, 0.15) is 38.2 Å². The number of likely N-dealkylation sites (tertiary alicyclic amines) is 1. The molecule has 5 heterocycles. The van der Waals surface area contributed by atoms with E-state index in [1.165, 1.54) is 31.2 Å². The zero-order chi connectivity index (χ0) is 27.1. The molecule has 2 aromatic heterocycles. The number of carbonyl (C=O) groups is 1. The van der Waals surface area contributed by atoms with Gasteiger partial charge in [-0.2, -0.15) is 0 Å². The van der Waals surface area contributed by atoms with Gasteiger partial charge in [0.1, 0.15) is 12.1 Å². The second-order valence-electron chi connectivity index (χ2n) is 12.3. The molecule has 0 bridgehead atoms. The van der Waals surface area contributed by atoms with Gasteiger partial charge in [0.2, 0.25) is 12.7 Å².